The first-order valence-electron chi connectivity index (χ1n) is 8.07. The van der Waals surface area contributed by atoms with Gasteiger partial charge in [-0.25, -0.2) is 4.98 Å². The summed E-state index contributed by atoms with van der Waals surface area (Å²) in [4.78, 5) is 18.6. The summed E-state index contributed by atoms with van der Waals surface area (Å²) in [5, 5.41) is 3.70. The second kappa shape index (κ2) is 8.04. The van der Waals surface area contributed by atoms with Gasteiger partial charge in [-0.2, -0.15) is 0 Å². The Hall–Kier alpha value is -1.82. The quantitative estimate of drug-likeness (QED) is 0.856. The van der Waals surface area contributed by atoms with Gasteiger partial charge >= 0.3 is 0 Å². The van der Waals surface area contributed by atoms with Crippen LogP contribution in [0.1, 0.15) is 16.8 Å². The summed E-state index contributed by atoms with van der Waals surface area (Å²) >= 11 is 12.0. The molecule has 0 saturated carbocycles. The molecule has 1 amide bonds. The Morgan fingerprint density at radius 1 is 1.36 bits per heavy atom. The van der Waals surface area contributed by atoms with Gasteiger partial charge in [-0.1, -0.05) is 29.3 Å². The van der Waals surface area contributed by atoms with Crippen molar-refractivity contribution in [1.82, 2.24) is 15.2 Å². The molecule has 132 valence electrons. The van der Waals surface area contributed by atoms with Crippen LogP contribution in [0.5, 0.6) is 11.6 Å². The fourth-order valence-corrected chi connectivity index (χ4v) is 3.11. The predicted octanol–water partition coefficient (Wildman–Crippen LogP) is 3.86. The van der Waals surface area contributed by atoms with E-state index >= 15 is 0 Å². The van der Waals surface area contributed by atoms with Crippen molar-refractivity contribution in [2.45, 2.75) is 6.42 Å². The third-order valence-corrected chi connectivity index (χ3v) is 4.97. The van der Waals surface area contributed by atoms with Crippen molar-refractivity contribution in [3.63, 3.8) is 0 Å². The molecule has 25 heavy (non-hydrogen) atoms. The summed E-state index contributed by atoms with van der Waals surface area (Å²) in [5.41, 5.74) is 0.496. The van der Waals surface area contributed by atoms with Crippen LogP contribution in [0.3, 0.4) is 0 Å². The third kappa shape index (κ3) is 4.63. The van der Waals surface area contributed by atoms with Gasteiger partial charge in [0.2, 0.25) is 5.88 Å². The molecule has 1 N–H and O–H groups in total. The maximum absolute atomic E-state index is 12.2. The zero-order valence-corrected chi connectivity index (χ0v) is 15.3. The summed E-state index contributed by atoms with van der Waals surface area (Å²) in [6.45, 7) is 2.78. The highest BCUT2D eigenvalue weighted by molar-refractivity contribution is 6.42. The summed E-state index contributed by atoms with van der Waals surface area (Å²) in [7, 11) is 2.09. The predicted molar refractivity (Wildman–Crippen MR) is 98.7 cm³/mol. The molecule has 1 aromatic carbocycles. The Balaban J connectivity index is 1.58. The van der Waals surface area contributed by atoms with Crippen LogP contribution in [-0.2, 0) is 0 Å². The summed E-state index contributed by atoms with van der Waals surface area (Å²) in [6.07, 6.45) is 2.60. The van der Waals surface area contributed by atoms with Crippen LogP contribution < -0.4 is 10.1 Å². The van der Waals surface area contributed by atoms with Gasteiger partial charge in [0.05, 0.1) is 10.6 Å². The summed E-state index contributed by atoms with van der Waals surface area (Å²) in [5.74, 6) is 1.14. The smallest absolute Gasteiger partial charge is 0.252 e. The second-order valence-corrected chi connectivity index (χ2v) is 6.95. The molecular weight excluding hydrogens is 361 g/mol. The monoisotopic (exact) mass is 379 g/mol. The van der Waals surface area contributed by atoms with Crippen molar-refractivity contribution >= 4 is 29.1 Å². The lowest BCUT2D eigenvalue weighted by Gasteiger charge is -2.12. The van der Waals surface area contributed by atoms with E-state index in [9.17, 15) is 4.79 Å². The maximum Gasteiger partial charge on any atom is 0.252 e. The van der Waals surface area contributed by atoms with Crippen LogP contribution in [0.15, 0.2) is 36.5 Å². The van der Waals surface area contributed by atoms with Gasteiger partial charge in [-0.05, 0) is 44.1 Å². The number of nitrogens with zero attached hydrogens (tertiary/aromatic N) is 2. The first kappa shape index (κ1) is 18.0. The van der Waals surface area contributed by atoms with E-state index in [1.165, 1.54) is 6.20 Å². The summed E-state index contributed by atoms with van der Waals surface area (Å²) in [6, 6.07) is 8.44. The van der Waals surface area contributed by atoms with Crippen molar-refractivity contribution in [2.75, 3.05) is 26.7 Å². The van der Waals surface area contributed by atoms with Gasteiger partial charge < -0.3 is 15.0 Å². The van der Waals surface area contributed by atoms with Gasteiger partial charge in [0.1, 0.15) is 10.8 Å². The SMILES string of the molecule is CN1CCC(CNC(=O)c2ccc(Oc3cccc(Cl)c3Cl)nc2)C1. The van der Waals surface area contributed by atoms with Crippen molar-refractivity contribution in [3.05, 3.63) is 52.1 Å². The van der Waals surface area contributed by atoms with Crippen LogP contribution in [0.25, 0.3) is 0 Å². The van der Waals surface area contributed by atoms with Crippen LogP contribution in [0, 0.1) is 5.92 Å². The van der Waals surface area contributed by atoms with Crippen LogP contribution >= 0.6 is 23.2 Å². The van der Waals surface area contributed by atoms with E-state index in [2.05, 4.69) is 22.2 Å². The van der Waals surface area contributed by atoms with E-state index in [1.54, 1.807) is 30.3 Å². The molecule has 1 atom stereocenters. The van der Waals surface area contributed by atoms with Gasteiger partial charge in [0.15, 0.2) is 0 Å². The molecule has 2 aromatic rings. The number of hydrogen-bond acceptors (Lipinski definition) is 4. The number of rotatable bonds is 5. The molecule has 0 spiro atoms. The Bertz CT molecular complexity index is 752. The van der Waals surface area contributed by atoms with Crippen molar-refractivity contribution in [1.29, 1.82) is 0 Å². The van der Waals surface area contributed by atoms with E-state index in [1.807, 2.05) is 0 Å². The lowest BCUT2D eigenvalue weighted by atomic mass is 10.1. The van der Waals surface area contributed by atoms with E-state index < -0.39 is 0 Å². The number of nitrogens with one attached hydrogen (secondary N) is 1. The molecule has 5 nitrogen and oxygen atoms in total. The molecule has 1 fully saturated rings. The minimum atomic E-state index is -0.130. The number of likely N-dealkylation sites (tertiary alicyclic amines) is 1. The Morgan fingerprint density at radius 3 is 2.88 bits per heavy atom. The van der Waals surface area contributed by atoms with E-state index in [0.717, 1.165) is 19.5 Å². The van der Waals surface area contributed by atoms with Crippen LogP contribution in [-0.4, -0.2) is 42.5 Å². The fraction of sp³-hybridized carbons (Fsp3) is 0.333. The number of hydrogen-bond donors (Lipinski definition) is 1. The molecule has 1 aliphatic heterocycles. The first-order valence-corrected chi connectivity index (χ1v) is 8.83. The van der Waals surface area contributed by atoms with Crippen molar-refractivity contribution in [2.24, 2.45) is 5.92 Å². The first-order chi connectivity index (χ1) is 12.0. The highest BCUT2D eigenvalue weighted by Crippen LogP contribution is 2.33. The number of halogens is 2. The van der Waals surface area contributed by atoms with E-state index in [-0.39, 0.29) is 5.91 Å². The highest BCUT2D eigenvalue weighted by Gasteiger charge is 2.20. The summed E-state index contributed by atoms with van der Waals surface area (Å²) < 4.78 is 5.61. The maximum atomic E-state index is 12.2. The van der Waals surface area contributed by atoms with Gasteiger partial charge in [-0.15, -0.1) is 0 Å². The fourth-order valence-electron chi connectivity index (χ4n) is 2.78. The lowest BCUT2D eigenvalue weighted by molar-refractivity contribution is 0.0947. The number of carbonyl (C=O) groups is 1. The molecule has 1 aromatic heterocycles. The molecule has 2 heterocycles. The van der Waals surface area contributed by atoms with E-state index in [4.69, 9.17) is 27.9 Å². The number of pyridine rings is 1. The number of ether oxygens (including phenoxy) is 1. The standard InChI is InChI=1S/C18H19Cl2N3O2/c1-23-8-7-12(11-23)9-22-18(24)13-5-6-16(21-10-13)25-15-4-2-3-14(19)17(15)20/h2-6,10,12H,7-9,11H2,1H3,(H,22,24). The Labute approximate surface area is 156 Å². The largest absolute Gasteiger partial charge is 0.437 e. The van der Waals surface area contributed by atoms with Crippen LogP contribution in [0.2, 0.25) is 10.0 Å². The Kier molecular flexibility index (Phi) is 5.78. The number of aromatic nitrogens is 1. The minimum Gasteiger partial charge on any atom is -0.437 e. The second-order valence-electron chi connectivity index (χ2n) is 6.17. The van der Waals surface area contributed by atoms with Crippen molar-refractivity contribution < 1.29 is 9.53 Å². The molecular formula is C18H19Cl2N3O2. The third-order valence-electron chi connectivity index (χ3n) is 4.17. The van der Waals surface area contributed by atoms with Crippen molar-refractivity contribution in [3.8, 4) is 11.6 Å². The normalized spacial score (nSPS) is 17.5. The zero-order valence-electron chi connectivity index (χ0n) is 13.8. The van der Waals surface area contributed by atoms with E-state index in [0.29, 0.717) is 39.7 Å². The average Bonchev–Trinajstić information content (AvgIpc) is 3.03. The molecule has 0 radical (unpaired) electrons. The van der Waals surface area contributed by atoms with Gasteiger partial charge in [0.25, 0.3) is 5.91 Å². The molecule has 0 aliphatic carbocycles. The zero-order chi connectivity index (χ0) is 17.8. The lowest BCUT2D eigenvalue weighted by Crippen LogP contribution is -2.30. The topological polar surface area (TPSA) is 54.5 Å². The number of carbonyl (C=O) groups excluding carboxylic acids is 1. The molecule has 7 heteroatoms. The van der Waals surface area contributed by atoms with Gasteiger partial charge in [-0.3, -0.25) is 4.79 Å². The molecule has 0 bridgehead atoms. The molecule has 1 saturated heterocycles. The molecule has 1 aliphatic rings. The number of amides is 1. The van der Waals surface area contributed by atoms with Gasteiger partial charge in [0, 0.05) is 25.4 Å². The minimum absolute atomic E-state index is 0.130. The van der Waals surface area contributed by atoms with Crippen LogP contribution in [0.4, 0.5) is 0 Å². The highest BCUT2D eigenvalue weighted by atomic mass is 35.5. The number of benzene rings is 1. The molecule has 3 rings (SSSR count). The molecule has 1 unspecified atom stereocenters. The Morgan fingerprint density at radius 2 is 2.20 bits per heavy atom. The average molecular weight is 380 g/mol.